The van der Waals surface area contributed by atoms with Crippen LogP contribution in [0.5, 0.6) is 0 Å². The van der Waals surface area contributed by atoms with Crippen LogP contribution in [0.1, 0.15) is 92.6 Å². The van der Waals surface area contributed by atoms with Crippen LogP contribution in [0.15, 0.2) is 89.5 Å². The quantitative estimate of drug-likeness (QED) is 0.201. The lowest BCUT2D eigenvalue weighted by Crippen LogP contribution is -1.99. The summed E-state index contributed by atoms with van der Waals surface area (Å²) in [4.78, 5) is 4.71. The van der Waals surface area contributed by atoms with E-state index < -0.39 is 12.7 Å². The van der Waals surface area contributed by atoms with Crippen molar-refractivity contribution in [1.29, 1.82) is 5.26 Å². The van der Waals surface area contributed by atoms with E-state index in [0.29, 0.717) is 45.0 Å². The summed E-state index contributed by atoms with van der Waals surface area (Å²) in [5.41, 5.74) is 9.77. The van der Waals surface area contributed by atoms with Gasteiger partial charge in [-0.25, -0.2) is 0 Å². The summed E-state index contributed by atoms with van der Waals surface area (Å²) in [5, 5.41) is 11.0. The third kappa shape index (κ3) is 4.92. The molecule has 0 amide bonds. The highest BCUT2D eigenvalue weighted by atomic mass is 16.3. The zero-order chi connectivity index (χ0) is 33.8. The second-order valence-electron chi connectivity index (χ2n) is 12.1. The van der Waals surface area contributed by atoms with E-state index in [1.165, 1.54) is 28.3 Å². The number of furan rings is 1. The molecule has 6 rings (SSSR count). The molecule has 0 aliphatic heterocycles. The molecular weight excluding hydrogens is 524 g/mol. The van der Waals surface area contributed by atoms with E-state index in [1.54, 1.807) is 26.1 Å². The molecule has 0 saturated carbocycles. The van der Waals surface area contributed by atoms with Gasteiger partial charge in [-0.2, -0.15) is 5.26 Å². The molecule has 0 bridgehead atoms. The normalized spacial score (nSPS) is 13.7. The van der Waals surface area contributed by atoms with Crippen LogP contribution in [0.4, 0.5) is 0 Å². The predicted octanol–water partition coefficient (Wildman–Crippen LogP) is 11.5. The number of aryl methyl sites for hydroxylation is 1. The third-order valence-corrected chi connectivity index (χ3v) is 8.36. The molecule has 43 heavy (non-hydrogen) atoms. The van der Waals surface area contributed by atoms with Gasteiger partial charge in [-0.3, -0.25) is 4.98 Å². The van der Waals surface area contributed by atoms with E-state index in [1.807, 2.05) is 30.3 Å². The minimum Gasteiger partial charge on any atom is -0.455 e. The Balaban J connectivity index is 1.51. The molecule has 2 aromatic heterocycles. The Hall–Kier alpha value is -4.68. The van der Waals surface area contributed by atoms with Crippen LogP contribution in [-0.4, -0.2) is 4.98 Å². The fourth-order valence-corrected chi connectivity index (χ4v) is 6.13. The molecule has 0 saturated heterocycles. The lowest BCUT2D eigenvalue weighted by atomic mass is 9.84. The number of nitrogens with zero attached hydrogens (tertiary/aromatic N) is 2. The molecule has 3 nitrogen and oxygen atoms in total. The van der Waals surface area contributed by atoms with Crippen LogP contribution in [-0.2, 0) is 0 Å². The predicted molar refractivity (Wildman–Crippen MR) is 180 cm³/mol. The molecule has 0 radical (unpaired) electrons. The van der Waals surface area contributed by atoms with Crippen molar-refractivity contribution in [3.8, 4) is 39.6 Å². The standard InChI is InChI=1S/C40H38N2O/c1-23(2)31-9-8-10-32(24(3)4)37(31)28-13-11-27(12-14-28)29-19-20-42-36(21-29)34-18-17-33(25(5)6)38-35-16-15-30(22-41)26(7)39(35)43-40(34)38/h8-21,23-25H,1-7H3/i7D3,25D. The van der Waals surface area contributed by atoms with E-state index >= 15 is 0 Å². The molecule has 0 aliphatic carbocycles. The van der Waals surface area contributed by atoms with Crippen molar-refractivity contribution in [3.05, 3.63) is 113 Å². The SMILES string of the molecule is [2H]C([2H])([2H])c1c(C#N)ccc2c1oc1c(-c3cc(-c4ccc(-c5c(C(C)C)cccc5C(C)C)cc4)ccn3)ccc(C([2H])(C)C)c12. The van der Waals surface area contributed by atoms with Crippen LogP contribution >= 0.6 is 0 Å². The first-order chi connectivity index (χ1) is 22.2. The number of benzene rings is 4. The second kappa shape index (κ2) is 11.2. The van der Waals surface area contributed by atoms with Crippen LogP contribution in [0, 0.1) is 18.2 Å². The van der Waals surface area contributed by atoms with E-state index in [0.717, 1.165) is 11.1 Å². The third-order valence-electron chi connectivity index (χ3n) is 8.36. The molecule has 0 atom stereocenters. The number of hydrogen-bond donors (Lipinski definition) is 0. The fraction of sp³-hybridized carbons (Fsp3) is 0.250. The van der Waals surface area contributed by atoms with Crippen molar-refractivity contribution >= 4 is 21.9 Å². The number of pyridine rings is 1. The van der Waals surface area contributed by atoms with Crippen LogP contribution < -0.4 is 0 Å². The molecule has 0 N–H and O–H groups in total. The van der Waals surface area contributed by atoms with Crippen molar-refractivity contribution in [2.75, 3.05) is 0 Å². The lowest BCUT2D eigenvalue weighted by Gasteiger charge is -2.20. The average molecular weight is 567 g/mol. The zero-order valence-electron chi connectivity index (χ0n) is 29.5. The molecule has 214 valence electrons. The zero-order valence-corrected chi connectivity index (χ0v) is 25.5. The summed E-state index contributed by atoms with van der Waals surface area (Å²) in [6.45, 7) is 9.96. The number of hydrogen-bond acceptors (Lipinski definition) is 3. The van der Waals surface area contributed by atoms with E-state index in [9.17, 15) is 5.26 Å². The van der Waals surface area contributed by atoms with Gasteiger partial charge in [0.2, 0.25) is 0 Å². The summed E-state index contributed by atoms with van der Waals surface area (Å²) in [6.07, 6.45) is 1.77. The van der Waals surface area contributed by atoms with Crippen LogP contribution in [0.2, 0.25) is 0 Å². The summed E-state index contributed by atoms with van der Waals surface area (Å²) in [7, 11) is 0. The topological polar surface area (TPSA) is 49.8 Å². The average Bonchev–Trinajstić information content (AvgIpc) is 3.41. The molecule has 6 aromatic rings. The van der Waals surface area contributed by atoms with E-state index in [4.69, 9.17) is 14.9 Å². The van der Waals surface area contributed by atoms with Gasteiger partial charge < -0.3 is 4.42 Å². The molecule has 0 spiro atoms. The molecular formula is C40H38N2O. The van der Waals surface area contributed by atoms with Gasteiger partial charge in [0.05, 0.1) is 17.3 Å². The summed E-state index contributed by atoms with van der Waals surface area (Å²) >= 11 is 0. The number of nitriles is 1. The monoisotopic (exact) mass is 566 g/mol. The maximum atomic E-state index is 9.75. The van der Waals surface area contributed by atoms with Gasteiger partial charge in [-0.15, -0.1) is 0 Å². The van der Waals surface area contributed by atoms with Gasteiger partial charge in [0.15, 0.2) is 0 Å². The smallest absolute Gasteiger partial charge is 0.145 e. The second-order valence-corrected chi connectivity index (χ2v) is 12.1. The number of rotatable bonds is 6. The Bertz CT molecular complexity index is 2150. The molecule has 0 aliphatic rings. The Morgan fingerprint density at radius 2 is 1.47 bits per heavy atom. The largest absolute Gasteiger partial charge is 0.455 e. The summed E-state index contributed by atoms with van der Waals surface area (Å²) in [6, 6.07) is 28.3. The van der Waals surface area contributed by atoms with Gasteiger partial charge in [-0.1, -0.05) is 90.1 Å². The number of fused-ring (bicyclic) bond motifs is 3. The van der Waals surface area contributed by atoms with Gasteiger partial charge in [-0.05, 0) is 93.9 Å². The highest BCUT2D eigenvalue weighted by Crippen LogP contribution is 2.42. The van der Waals surface area contributed by atoms with Crippen molar-refractivity contribution in [3.63, 3.8) is 0 Å². The van der Waals surface area contributed by atoms with Crippen molar-refractivity contribution < 1.29 is 9.90 Å². The molecule has 4 aromatic carbocycles. The highest BCUT2D eigenvalue weighted by Gasteiger charge is 2.21. The molecule has 2 heterocycles. The van der Waals surface area contributed by atoms with Crippen molar-refractivity contribution in [2.24, 2.45) is 0 Å². The Kier molecular flexibility index (Phi) is 6.20. The minimum atomic E-state index is -2.56. The summed E-state index contributed by atoms with van der Waals surface area (Å²) in [5.74, 6) is -0.200. The van der Waals surface area contributed by atoms with Crippen LogP contribution in [0.3, 0.4) is 0 Å². The maximum Gasteiger partial charge on any atom is 0.145 e. The van der Waals surface area contributed by atoms with Crippen molar-refractivity contribution in [1.82, 2.24) is 4.98 Å². The van der Waals surface area contributed by atoms with Gasteiger partial charge in [0, 0.05) is 33.6 Å². The highest BCUT2D eigenvalue weighted by molar-refractivity contribution is 6.12. The number of aromatic nitrogens is 1. The first-order valence-electron chi connectivity index (χ1n) is 16.8. The molecule has 0 fully saturated rings. The minimum absolute atomic E-state index is 0.0462. The lowest BCUT2D eigenvalue weighted by molar-refractivity contribution is 0.666. The first kappa shape index (κ1) is 23.8. The van der Waals surface area contributed by atoms with Crippen LogP contribution in [0.25, 0.3) is 55.4 Å². The Labute approximate surface area is 260 Å². The fourth-order valence-electron chi connectivity index (χ4n) is 6.13. The van der Waals surface area contributed by atoms with E-state index in [2.05, 4.69) is 70.2 Å². The molecule has 0 unspecified atom stereocenters. The molecule has 3 heteroatoms. The van der Waals surface area contributed by atoms with Gasteiger partial charge in [0.25, 0.3) is 0 Å². The maximum absolute atomic E-state index is 9.75. The Morgan fingerprint density at radius 3 is 2.09 bits per heavy atom. The summed E-state index contributed by atoms with van der Waals surface area (Å²) < 4.78 is 39.9. The van der Waals surface area contributed by atoms with Gasteiger partial charge in [0.1, 0.15) is 11.2 Å². The first-order valence-corrected chi connectivity index (χ1v) is 14.8. The van der Waals surface area contributed by atoms with Gasteiger partial charge >= 0.3 is 0 Å². The van der Waals surface area contributed by atoms with E-state index in [-0.39, 0.29) is 16.7 Å². The van der Waals surface area contributed by atoms with Crippen molar-refractivity contribution in [2.45, 2.75) is 66.1 Å². The Morgan fingerprint density at radius 1 is 0.767 bits per heavy atom.